The summed E-state index contributed by atoms with van der Waals surface area (Å²) in [5, 5.41) is 201. The van der Waals surface area contributed by atoms with Gasteiger partial charge >= 0.3 is 23.9 Å². The van der Waals surface area contributed by atoms with E-state index < -0.39 is 258 Å². The van der Waals surface area contributed by atoms with Gasteiger partial charge in [0.25, 0.3) is 0 Å². The molecule has 11 aliphatic rings. The van der Waals surface area contributed by atoms with Crippen molar-refractivity contribution >= 4 is 23.9 Å². The molecule has 6 saturated carbocycles. The maximum atomic E-state index is 13.1. The number of hydrogen-bond donors (Lipinski definition) is 18. The van der Waals surface area contributed by atoms with Crippen molar-refractivity contribution in [1.29, 1.82) is 0 Å². The summed E-state index contributed by atoms with van der Waals surface area (Å²) in [5.74, 6) is -5.36. The van der Waals surface area contributed by atoms with Crippen LogP contribution in [0.1, 0.15) is 135 Å². The molecule has 0 aromatic carbocycles. The molecule has 0 amide bonds. The molecule has 0 radical (unpaired) electrons. The second kappa shape index (κ2) is 40.1. The molecule has 110 heavy (non-hydrogen) atoms. The number of aliphatic hydroxyl groups excluding tert-OH is 18. The Morgan fingerprint density at radius 1 is 0.309 bits per heavy atom. The number of carbonyl (C=O) groups is 4. The van der Waals surface area contributed by atoms with E-state index in [-0.39, 0.29) is 55.8 Å². The van der Waals surface area contributed by atoms with Gasteiger partial charge in [0.05, 0.1) is 54.7 Å². The Kier molecular flexibility index (Phi) is 31.6. The molecular weight excluding hydrogens is 1460 g/mol. The van der Waals surface area contributed by atoms with E-state index in [2.05, 4.69) is 0 Å². The highest BCUT2D eigenvalue weighted by Crippen LogP contribution is 2.46. The minimum absolute atomic E-state index is 0.0158. The summed E-state index contributed by atoms with van der Waals surface area (Å²) in [7, 11) is 0. The molecule has 0 aromatic rings. The van der Waals surface area contributed by atoms with Gasteiger partial charge < -0.3 is 153 Å². The van der Waals surface area contributed by atoms with Gasteiger partial charge in [0.15, 0.2) is 37.4 Å². The third-order valence-electron chi connectivity index (χ3n) is 24.0. The van der Waals surface area contributed by atoms with E-state index in [0.717, 1.165) is 0 Å². The molecular formula is C75H115O35+. The molecule has 5 aliphatic heterocycles. The number of ether oxygens (including phenoxy) is 13. The second-order valence-corrected chi connectivity index (χ2v) is 31.9. The van der Waals surface area contributed by atoms with Crippen molar-refractivity contribution in [3.05, 3.63) is 48.6 Å². The summed E-state index contributed by atoms with van der Waals surface area (Å²) in [6, 6.07) is 0. The second-order valence-electron chi connectivity index (χ2n) is 31.9. The van der Waals surface area contributed by atoms with Gasteiger partial charge in [-0.25, -0.2) is 19.2 Å². The number of allylic oxidation sites excluding steroid dienone is 4. The monoisotopic (exact) mass is 1580 g/mol. The van der Waals surface area contributed by atoms with E-state index in [1.165, 1.54) is 24.3 Å². The fraction of sp³-hybridized carbons (Fsp3) is 0.840. The van der Waals surface area contributed by atoms with Crippen molar-refractivity contribution in [3.8, 4) is 0 Å². The lowest BCUT2D eigenvalue weighted by atomic mass is 9.72. The van der Waals surface area contributed by atoms with Gasteiger partial charge in [0, 0.05) is 43.1 Å². The van der Waals surface area contributed by atoms with Crippen LogP contribution in [-0.2, 0) is 76.0 Å². The quantitative estimate of drug-likeness (QED) is 0.0177. The third-order valence-corrected chi connectivity index (χ3v) is 24.0. The van der Waals surface area contributed by atoms with Crippen LogP contribution in [0.5, 0.6) is 0 Å². The highest BCUT2D eigenvalue weighted by Gasteiger charge is 2.59. The van der Waals surface area contributed by atoms with Crippen LogP contribution in [0.3, 0.4) is 0 Å². The Bertz CT molecular complexity index is 2930. The lowest BCUT2D eigenvalue weighted by molar-refractivity contribution is -0.369. The molecule has 28 unspecified atom stereocenters. The number of fused-ring (bicyclic) bond motifs is 1. The molecule has 35 heteroatoms. The first kappa shape index (κ1) is 86.6. The van der Waals surface area contributed by atoms with Crippen molar-refractivity contribution in [2.24, 2.45) is 35.5 Å². The maximum absolute atomic E-state index is 13.1. The van der Waals surface area contributed by atoms with Crippen molar-refractivity contribution in [2.75, 3.05) is 26.4 Å². The predicted octanol–water partition coefficient (Wildman–Crippen LogP) is -4.43. The number of carbonyl (C=O) groups excluding carboxylic acids is 4. The van der Waals surface area contributed by atoms with E-state index in [0.29, 0.717) is 103 Å². The van der Waals surface area contributed by atoms with Crippen LogP contribution in [-0.4, -0.2) is 343 Å². The van der Waals surface area contributed by atoms with E-state index in [9.17, 15) is 111 Å². The molecule has 6 aliphatic carbocycles. The first-order chi connectivity index (χ1) is 52.5. The first-order valence-corrected chi connectivity index (χ1v) is 39.1. The fourth-order valence-corrected chi connectivity index (χ4v) is 17.1. The van der Waals surface area contributed by atoms with Crippen LogP contribution in [0.4, 0.5) is 0 Å². The van der Waals surface area contributed by atoms with Crippen molar-refractivity contribution in [2.45, 2.75) is 331 Å². The number of rotatable bonds is 25. The molecule has 35 nitrogen and oxygen atoms in total. The normalized spacial score (nSPS) is 46.5. The van der Waals surface area contributed by atoms with Gasteiger partial charge in [0.2, 0.25) is 0 Å². The molecule has 0 bridgehead atoms. The lowest BCUT2D eigenvalue weighted by Gasteiger charge is -2.51. The number of esters is 4. The Labute approximate surface area is 635 Å². The summed E-state index contributed by atoms with van der Waals surface area (Å²) in [4.78, 5) is 52.2. The van der Waals surface area contributed by atoms with Gasteiger partial charge in [-0.2, -0.15) is 0 Å². The highest BCUT2D eigenvalue weighted by atomic mass is 16.7. The average Bonchev–Trinajstić information content (AvgIpc) is 0.758. The fourth-order valence-electron chi connectivity index (χ4n) is 17.1. The van der Waals surface area contributed by atoms with Crippen LogP contribution >= 0.6 is 0 Å². The molecule has 0 aromatic heterocycles. The van der Waals surface area contributed by atoms with Gasteiger partial charge in [0.1, 0.15) is 136 Å². The number of hydrogen-bond acceptors (Lipinski definition) is 34. The van der Waals surface area contributed by atoms with Crippen molar-refractivity contribution in [1.82, 2.24) is 0 Å². The Balaban J connectivity index is 0.859. The zero-order chi connectivity index (χ0) is 78.8. The largest absolute Gasteiger partial charge is 0.460 e. The van der Waals surface area contributed by atoms with Crippen LogP contribution < -0.4 is 0 Å². The predicted molar refractivity (Wildman–Crippen MR) is 370 cm³/mol. The third kappa shape index (κ3) is 22.7. The Morgan fingerprint density at radius 2 is 0.591 bits per heavy atom. The smallest absolute Gasteiger partial charge is 0.330 e. The van der Waals surface area contributed by atoms with Gasteiger partial charge in [-0.05, 0) is 146 Å². The minimum atomic E-state index is -2.09. The molecule has 5 heterocycles. The topological polar surface area (TPSA) is 556 Å². The summed E-state index contributed by atoms with van der Waals surface area (Å²) in [6.07, 6.45) is -30.8. The van der Waals surface area contributed by atoms with Crippen molar-refractivity contribution in [3.63, 3.8) is 0 Å². The summed E-state index contributed by atoms with van der Waals surface area (Å²) in [6.45, 7) is -2.68. The maximum Gasteiger partial charge on any atom is 0.330 e. The summed E-state index contributed by atoms with van der Waals surface area (Å²) < 4.78 is 77.1. The van der Waals surface area contributed by atoms with Crippen LogP contribution in [0.15, 0.2) is 48.6 Å². The molecule has 11 fully saturated rings. The van der Waals surface area contributed by atoms with E-state index >= 15 is 0 Å². The van der Waals surface area contributed by atoms with Crippen molar-refractivity contribution < 1.29 is 173 Å². The molecule has 624 valence electrons. The standard InChI is InChI=1S/C75H114O35/c76-39-13-1-34(2-14-39)9-21-54(81)98-30-50-59(86)63(90)67(94)72(107-50)102-43-27-45(80)44-29-49(106-75-70(97)66(93)62(89)53(110-75)33-101-57(84)24-12-37-7-19-42(79)20-8-37)71(103-46(44)28-43)38-25-47(104-73-68(95)64(91)60(87)51(108-73)31-99-55(82)22-10-35-3-15-40(77)16-4-35)58(85)48(26-38)105-74-69(96)65(92)61(88)52(109-74)32-100-56(83)23-11-36-5-17-41(78)18-6-36/h9-12,21-24,34-53,58-80,85-97H,1-8,13-20,25-33H2/p+1. The van der Waals surface area contributed by atoms with E-state index in [1.54, 1.807) is 24.3 Å². The SMILES string of the molecule is O=C(C=CC1CCC(O)CC1)OCC1OC(OC2CC(O)C3CC(OC4OC(COC(=O)C=CC5CCC(O)CC5)C(O)C(O)C4O)C(C4CC(OC5OC(COC(=O)C=CC6CCC(O)CC6)C(O)C(O)C5O)C(O)C(OC5OC(COC(=O)C=CC6CCC(O)CC6)C(O)C(O)C5O)C4)[OH+]C3C2)C(O)C(O)C1O. The lowest BCUT2D eigenvalue weighted by Crippen LogP contribution is -2.65. The molecule has 0 spiro atoms. The summed E-state index contributed by atoms with van der Waals surface area (Å²) in [5.41, 5.74) is 0. The van der Waals surface area contributed by atoms with E-state index in [4.69, 9.17) is 61.6 Å². The molecule has 11 rings (SSSR count). The molecule has 5 saturated heterocycles. The van der Waals surface area contributed by atoms with Gasteiger partial charge in [-0.3, -0.25) is 0 Å². The van der Waals surface area contributed by atoms with Crippen LogP contribution in [0.25, 0.3) is 0 Å². The molecule has 28 atom stereocenters. The van der Waals surface area contributed by atoms with E-state index in [1.807, 2.05) is 0 Å². The Hall–Kier alpha value is -4.24. The average molecular weight is 1580 g/mol. The summed E-state index contributed by atoms with van der Waals surface area (Å²) >= 11 is 0. The Morgan fingerprint density at radius 3 is 0.891 bits per heavy atom. The minimum Gasteiger partial charge on any atom is -0.460 e. The zero-order valence-corrected chi connectivity index (χ0v) is 61.3. The zero-order valence-electron chi connectivity index (χ0n) is 61.3. The van der Waals surface area contributed by atoms with Gasteiger partial charge in [-0.1, -0.05) is 24.3 Å². The molecule has 19 N–H and O–H groups in total. The van der Waals surface area contributed by atoms with Gasteiger partial charge in [-0.15, -0.1) is 0 Å². The number of aliphatic hydroxyl groups is 20. The van der Waals surface area contributed by atoms with Crippen LogP contribution in [0, 0.1) is 35.5 Å². The first-order valence-electron chi connectivity index (χ1n) is 39.1. The van der Waals surface area contributed by atoms with Crippen LogP contribution in [0.2, 0.25) is 0 Å². The highest BCUT2D eigenvalue weighted by molar-refractivity contribution is 5.83.